The number of alkyl halides is 3. The molecule has 2 N–H and O–H groups in total. The van der Waals surface area contributed by atoms with Crippen molar-refractivity contribution < 1.29 is 21.9 Å². The Hall–Kier alpha value is -1.70. The molecule has 2 atom stereocenters. The summed E-state index contributed by atoms with van der Waals surface area (Å²) >= 11 is -2.42. The van der Waals surface area contributed by atoms with E-state index < -0.39 is 29.0 Å². The molecule has 3 nitrogen and oxygen atoms in total. The van der Waals surface area contributed by atoms with Crippen molar-refractivity contribution in [2.75, 3.05) is 0 Å². The molecule has 22 heavy (non-hydrogen) atoms. The van der Waals surface area contributed by atoms with E-state index >= 15 is 0 Å². The zero-order valence-corrected chi connectivity index (χ0v) is 12.2. The van der Waals surface area contributed by atoms with E-state index in [4.69, 9.17) is 4.55 Å². The summed E-state index contributed by atoms with van der Waals surface area (Å²) in [6.07, 6.45) is -4.36. The summed E-state index contributed by atoms with van der Waals surface area (Å²) in [5.41, 5.74) is -0.0995. The van der Waals surface area contributed by atoms with Crippen LogP contribution in [0.3, 0.4) is 0 Å². The summed E-state index contributed by atoms with van der Waals surface area (Å²) < 4.78 is 61.7. The number of rotatable bonds is 5. The number of benzene rings is 2. The molecule has 2 aromatic rings. The van der Waals surface area contributed by atoms with E-state index in [0.717, 1.165) is 11.6 Å². The van der Waals surface area contributed by atoms with Crippen molar-refractivity contribution in [3.63, 3.8) is 0 Å². The van der Waals surface area contributed by atoms with E-state index in [0.29, 0.717) is 0 Å². The second kappa shape index (κ2) is 7.04. The van der Waals surface area contributed by atoms with Gasteiger partial charge in [0, 0.05) is 0 Å². The average Bonchev–Trinajstić information content (AvgIpc) is 2.46. The second-order valence-electron chi connectivity index (χ2n) is 4.69. The molecule has 0 aliphatic carbocycles. The molecule has 0 bridgehead atoms. The topological polar surface area (TPSA) is 49.3 Å². The van der Waals surface area contributed by atoms with Gasteiger partial charge in [0.15, 0.2) is 0 Å². The summed E-state index contributed by atoms with van der Waals surface area (Å²) in [5, 5.41) is 0. The normalized spacial score (nSPS) is 14.5. The van der Waals surface area contributed by atoms with E-state index in [1.54, 1.807) is 30.3 Å². The van der Waals surface area contributed by atoms with Crippen LogP contribution in [0, 0.1) is 0 Å². The molecule has 0 spiro atoms. The van der Waals surface area contributed by atoms with Crippen molar-refractivity contribution in [2.24, 2.45) is 0 Å². The second-order valence-corrected chi connectivity index (χ2v) is 5.43. The van der Waals surface area contributed by atoms with Crippen LogP contribution < -0.4 is 4.72 Å². The molecule has 0 amide bonds. The maximum absolute atomic E-state index is 13.1. The van der Waals surface area contributed by atoms with Crippen molar-refractivity contribution in [3.05, 3.63) is 71.3 Å². The van der Waals surface area contributed by atoms with Gasteiger partial charge in [-0.25, -0.2) is 8.93 Å². The van der Waals surface area contributed by atoms with Crippen LogP contribution in [-0.2, 0) is 23.9 Å². The van der Waals surface area contributed by atoms with Crippen molar-refractivity contribution in [3.8, 4) is 0 Å². The van der Waals surface area contributed by atoms with Crippen LogP contribution in [0.15, 0.2) is 54.6 Å². The van der Waals surface area contributed by atoms with Gasteiger partial charge >= 0.3 is 6.18 Å². The lowest BCUT2D eigenvalue weighted by Gasteiger charge is -2.21. The Morgan fingerprint density at radius 1 is 1.05 bits per heavy atom. The molecular formula is C15H14F3NO2S. The Morgan fingerprint density at radius 2 is 1.64 bits per heavy atom. The highest BCUT2D eigenvalue weighted by molar-refractivity contribution is 7.77. The standard InChI is InChI=1S/C15H14F3NO2S/c16-15(17,18)13-9-5-4-8-12(13)14(19-22(20)21)10-11-6-2-1-3-7-11/h1-9,14,19H,10H2,(H,20,21). The van der Waals surface area contributed by atoms with E-state index in [9.17, 15) is 17.4 Å². The molecule has 0 aromatic heterocycles. The maximum Gasteiger partial charge on any atom is 0.416 e. The van der Waals surface area contributed by atoms with Crippen molar-refractivity contribution >= 4 is 11.3 Å². The lowest BCUT2D eigenvalue weighted by atomic mass is 9.95. The molecule has 2 aromatic carbocycles. The van der Waals surface area contributed by atoms with Crippen LogP contribution in [0.2, 0.25) is 0 Å². The molecule has 0 fully saturated rings. The van der Waals surface area contributed by atoms with Crippen LogP contribution in [0.5, 0.6) is 0 Å². The third-order valence-corrected chi connectivity index (χ3v) is 3.65. The van der Waals surface area contributed by atoms with Gasteiger partial charge in [-0.2, -0.15) is 13.2 Å². The quantitative estimate of drug-likeness (QED) is 0.822. The summed E-state index contributed by atoms with van der Waals surface area (Å²) in [4.78, 5) is 0. The molecule has 0 aliphatic rings. The van der Waals surface area contributed by atoms with Gasteiger partial charge in [-0.3, -0.25) is 4.55 Å². The van der Waals surface area contributed by atoms with Gasteiger partial charge in [-0.15, -0.1) is 0 Å². The number of hydrogen-bond donors (Lipinski definition) is 2. The third kappa shape index (κ3) is 4.40. The minimum absolute atomic E-state index is 0.0544. The molecule has 2 unspecified atom stereocenters. The van der Waals surface area contributed by atoms with Gasteiger partial charge in [0.2, 0.25) is 11.3 Å². The summed E-state index contributed by atoms with van der Waals surface area (Å²) in [6, 6.07) is 13.0. The molecule has 7 heteroatoms. The van der Waals surface area contributed by atoms with Gasteiger partial charge < -0.3 is 0 Å². The van der Waals surface area contributed by atoms with Gasteiger partial charge in [0.1, 0.15) is 0 Å². The van der Waals surface area contributed by atoms with Crippen LogP contribution in [0.4, 0.5) is 13.2 Å². The smallest absolute Gasteiger partial charge is 0.294 e. The SMILES string of the molecule is O=S(O)NC(Cc1ccccc1)c1ccccc1C(F)(F)F. The third-order valence-electron chi connectivity index (χ3n) is 3.17. The fraction of sp³-hybridized carbons (Fsp3) is 0.200. The first kappa shape index (κ1) is 16.7. The van der Waals surface area contributed by atoms with E-state index in [-0.39, 0.29) is 12.0 Å². The molecular weight excluding hydrogens is 315 g/mol. The molecule has 0 radical (unpaired) electrons. The lowest BCUT2D eigenvalue weighted by Crippen LogP contribution is -2.27. The fourth-order valence-corrected chi connectivity index (χ4v) is 2.70. The molecule has 0 aliphatic heterocycles. The molecule has 0 saturated heterocycles. The predicted molar refractivity (Wildman–Crippen MR) is 78.2 cm³/mol. The Labute approximate surface area is 128 Å². The van der Waals surface area contributed by atoms with Crippen molar-refractivity contribution in [1.82, 2.24) is 4.72 Å². The van der Waals surface area contributed by atoms with Crippen LogP contribution in [-0.4, -0.2) is 8.76 Å². The maximum atomic E-state index is 13.1. The highest BCUT2D eigenvalue weighted by Gasteiger charge is 2.35. The number of nitrogens with one attached hydrogen (secondary N) is 1. The molecule has 0 saturated carbocycles. The molecule has 118 valence electrons. The Balaban J connectivity index is 2.40. The Kier molecular flexibility index (Phi) is 5.33. The average molecular weight is 329 g/mol. The summed E-state index contributed by atoms with van der Waals surface area (Å²) in [5.74, 6) is 0. The van der Waals surface area contributed by atoms with Crippen molar-refractivity contribution in [2.45, 2.75) is 18.6 Å². The van der Waals surface area contributed by atoms with E-state index in [1.807, 2.05) is 0 Å². The highest BCUT2D eigenvalue weighted by Crippen LogP contribution is 2.35. The first-order chi connectivity index (χ1) is 10.4. The fourth-order valence-electron chi connectivity index (χ4n) is 2.25. The Bertz CT molecular complexity index is 647. The monoisotopic (exact) mass is 329 g/mol. The summed E-state index contributed by atoms with van der Waals surface area (Å²) in [7, 11) is 0. The minimum Gasteiger partial charge on any atom is -0.294 e. The largest absolute Gasteiger partial charge is 0.416 e. The molecule has 2 rings (SSSR count). The van der Waals surface area contributed by atoms with Crippen LogP contribution in [0.25, 0.3) is 0 Å². The molecule has 0 heterocycles. The van der Waals surface area contributed by atoms with Gasteiger partial charge in [0.05, 0.1) is 11.6 Å². The van der Waals surface area contributed by atoms with Crippen LogP contribution in [0.1, 0.15) is 22.7 Å². The zero-order valence-electron chi connectivity index (χ0n) is 11.4. The first-order valence-electron chi connectivity index (χ1n) is 6.45. The highest BCUT2D eigenvalue weighted by atomic mass is 32.2. The van der Waals surface area contributed by atoms with Crippen LogP contribution >= 0.6 is 0 Å². The zero-order chi connectivity index (χ0) is 16.2. The first-order valence-corrected chi connectivity index (χ1v) is 7.55. The van der Waals surface area contributed by atoms with Gasteiger partial charge in [-0.05, 0) is 23.6 Å². The lowest BCUT2D eigenvalue weighted by molar-refractivity contribution is -0.138. The van der Waals surface area contributed by atoms with E-state index in [1.165, 1.54) is 18.2 Å². The number of halogens is 3. The minimum atomic E-state index is -4.52. The van der Waals surface area contributed by atoms with Crippen molar-refractivity contribution in [1.29, 1.82) is 0 Å². The predicted octanol–water partition coefficient (Wildman–Crippen LogP) is 3.72. The van der Waals surface area contributed by atoms with Gasteiger partial charge in [0.25, 0.3) is 0 Å². The Morgan fingerprint density at radius 3 is 2.23 bits per heavy atom. The van der Waals surface area contributed by atoms with E-state index in [2.05, 4.69) is 4.72 Å². The van der Waals surface area contributed by atoms with Gasteiger partial charge in [-0.1, -0.05) is 48.5 Å². The summed E-state index contributed by atoms with van der Waals surface area (Å²) in [6.45, 7) is 0. The number of hydrogen-bond acceptors (Lipinski definition) is 1.